The number of anilines is 1. The lowest BCUT2D eigenvalue weighted by molar-refractivity contribution is -0.114. The smallest absolute Gasteiger partial charge is 0.341 e. The first kappa shape index (κ1) is 22.0. The van der Waals surface area contributed by atoms with E-state index in [0.29, 0.717) is 40.3 Å². The fourth-order valence-electron chi connectivity index (χ4n) is 4.40. The fraction of sp³-hybridized carbons (Fsp3) is 0.348. The normalized spacial score (nSPS) is 20.1. The third-order valence-electron chi connectivity index (χ3n) is 5.78. The van der Waals surface area contributed by atoms with Crippen LogP contribution in [0.5, 0.6) is 0 Å². The summed E-state index contributed by atoms with van der Waals surface area (Å²) in [6, 6.07) is 9.75. The van der Waals surface area contributed by atoms with Crippen molar-refractivity contribution in [1.29, 1.82) is 0 Å². The van der Waals surface area contributed by atoms with Gasteiger partial charge in [0.2, 0.25) is 5.91 Å². The number of amides is 1. The van der Waals surface area contributed by atoms with Crippen LogP contribution in [0.15, 0.2) is 42.2 Å². The molecule has 0 fully saturated rings. The van der Waals surface area contributed by atoms with Crippen LogP contribution in [0.4, 0.5) is 5.00 Å². The number of nitrogens with one attached hydrogen (secondary N) is 3. The molecule has 32 heavy (non-hydrogen) atoms. The molecule has 2 heterocycles. The Hall–Kier alpha value is -3.17. The van der Waals surface area contributed by atoms with Crippen LogP contribution in [0.25, 0.3) is 0 Å². The second-order valence-corrected chi connectivity index (χ2v) is 8.96. The highest BCUT2D eigenvalue weighted by molar-refractivity contribution is 7.19. The van der Waals surface area contributed by atoms with Crippen LogP contribution in [-0.2, 0) is 21.4 Å². The lowest BCUT2D eigenvalue weighted by atomic mass is 9.66. The first-order valence-corrected chi connectivity index (χ1v) is 11.3. The van der Waals surface area contributed by atoms with Crippen LogP contribution in [0.2, 0.25) is 0 Å². The lowest BCUT2D eigenvalue weighted by Crippen LogP contribution is -2.42. The molecular formula is C23H26N4O4S. The molecule has 0 saturated carbocycles. The summed E-state index contributed by atoms with van der Waals surface area (Å²) < 4.78 is 5.24. The maximum Gasteiger partial charge on any atom is 0.341 e. The number of rotatable bonds is 6. The van der Waals surface area contributed by atoms with Crippen molar-refractivity contribution in [3.05, 3.63) is 63.8 Å². The Morgan fingerprint density at radius 2 is 2.03 bits per heavy atom. The number of carbonyl (C=O) groups excluding carboxylic acids is 3. The SMILES string of the molecule is CCOC(=O)c1c(NC(C)=O)sc2c1CCC(CC1=CNN(C)N1)(c1ccccc1)C2=O. The number of hydrogen-bond donors (Lipinski definition) is 3. The lowest BCUT2D eigenvalue weighted by Gasteiger charge is -2.36. The van der Waals surface area contributed by atoms with E-state index in [0.717, 1.165) is 22.6 Å². The molecule has 1 atom stereocenters. The average molecular weight is 455 g/mol. The molecule has 2 aliphatic rings. The largest absolute Gasteiger partial charge is 0.462 e. The molecule has 1 aliphatic carbocycles. The van der Waals surface area contributed by atoms with Gasteiger partial charge in [-0.15, -0.1) is 16.5 Å². The molecule has 0 bridgehead atoms. The molecule has 0 radical (unpaired) electrons. The van der Waals surface area contributed by atoms with Crippen LogP contribution in [-0.4, -0.2) is 36.4 Å². The molecule has 0 spiro atoms. The molecule has 1 amide bonds. The number of ether oxygens (including phenoxy) is 1. The summed E-state index contributed by atoms with van der Waals surface area (Å²) in [6.07, 6.45) is 3.40. The van der Waals surface area contributed by atoms with Crippen molar-refractivity contribution >= 4 is 34.0 Å². The molecule has 1 aliphatic heterocycles. The summed E-state index contributed by atoms with van der Waals surface area (Å²) in [4.78, 5) is 39.1. The Balaban J connectivity index is 1.82. The van der Waals surface area contributed by atoms with Crippen molar-refractivity contribution in [1.82, 2.24) is 16.0 Å². The second kappa shape index (κ2) is 8.76. The maximum atomic E-state index is 14.1. The molecule has 1 aromatic heterocycles. The number of nitrogens with zero attached hydrogens (tertiary/aromatic N) is 1. The molecule has 1 unspecified atom stereocenters. The number of hydrogen-bond acceptors (Lipinski definition) is 8. The first-order chi connectivity index (χ1) is 15.4. The molecule has 9 heteroatoms. The molecule has 8 nitrogen and oxygen atoms in total. The molecule has 3 N–H and O–H groups in total. The number of Topliss-reactive ketones (excluding diaryl/α,β-unsaturated/α-hetero) is 1. The van der Waals surface area contributed by atoms with Crippen LogP contribution >= 0.6 is 11.3 Å². The summed E-state index contributed by atoms with van der Waals surface area (Å²) in [5.41, 5.74) is 8.30. The van der Waals surface area contributed by atoms with Gasteiger partial charge in [0.25, 0.3) is 0 Å². The number of esters is 1. The van der Waals surface area contributed by atoms with Gasteiger partial charge in [0, 0.05) is 32.3 Å². The zero-order chi connectivity index (χ0) is 22.9. The Morgan fingerprint density at radius 3 is 2.66 bits per heavy atom. The van der Waals surface area contributed by atoms with Gasteiger partial charge in [0.1, 0.15) is 5.00 Å². The zero-order valence-corrected chi connectivity index (χ0v) is 19.1. The van der Waals surface area contributed by atoms with E-state index in [1.807, 2.05) is 43.6 Å². The topological polar surface area (TPSA) is 99.8 Å². The van der Waals surface area contributed by atoms with Crippen molar-refractivity contribution < 1.29 is 19.1 Å². The first-order valence-electron chi connectivity index (χ1n) is 10.5. The molecule has 2 aromatic rings. The van der Waals surface area contributed by atoms with E-state index in [9.17, 15) is 14.4 Å². The van der Waals surface area contributed by atoms with Crippen LogP contribution in [0.3, 0.4) is 0 Å². The summed E-state index contributed by atoms with van der Waals surface area (Å²) in [7, 11) is 1.85. The standard InChI is InChI=1S/C23H26N4O4S/c1-4-31-22(30)18-17-10-11-23(15-8-6-5-7-9-15,12-16-13-24-27(3)26-16)20(29)19(17)32-21(18)25-14(2)28/h5-9,13,24,26H,4,10-12H2,1-3H3,(H,25,28). The fourth-order valence-corrected chi connectivity index (χ4v) is 5.72. The van der Waals surface area contributed by atoms with Crippen LogP contribution in [0, 0.1) is 0 Å². The number of hydrazine groups is 2. The number of ketones is 1. The number of thiophene rings is 1. The number of fused-ring (bicyclic) bond motifs is 1. The van der Waals surface area contributed by atoms with Gasteiger partial charge in [0.15, 0.2) is 5.78 Å². The van der Waals surface area contributed by atoms with E-state index in [4.69, 9.17) is 4.74 Å². The highest BCUT2D eigenvalue weighted by atomic mass is 32.1. The van der Waals surface area contributed by atoms with Crippen molar-refractivity contribution in [2.24, 2.45) is 0 Å². The third-order valence-corrected chi connectivity index (χ3v) is 6.93. The van der Waals surface area contributed by atoms with Gasteiger partial charge in [-0.25, -0.2) is 4.79 Å². The minimum absolute atomic E-state index is 0.0469. The van der Waals surface area contributed by atoms with Gasteiger partial charge in [-0.1, -0.05) is 30.3 Å². The minimum atomic E-state index is -0.787. The van der Waals surface area contributed by atoms with Gasteiger partial charge in [0.05, 0.1) is 22.5 Å². The van der Waals surface area contributed by atoms with E-state index in [1.165, 1.54) is 6.92 Å². The zero-order valence-electron chi connectivity index (χ0n) is 18.3. The molecule has 4 rings (SSSR count). The van der Waals surface area contributed by atoms with E-state index in [2.05, 4.69) is 16.2 Å². The molecular weight excluding hydrogens is 428 g/mol. The van der Waals surface area contributed by atoms with Crippen molar-refractivity contribution in [3.63, 3.8) is 0 Å². The Bertz CT molecular complexity index is 1090. The van der Waals surface area contributed by atoms with Crippen LogP contribution in [0.1, 0.15) is 57.8 Å². The predicted octanol–water partition coefficient (Wildman–Crippen LogP) is 3.14. The van der Waals surface area contributed by atoms with Crippen molar-refractivity contribution in [2.75, 3.05) is 19.0 Å². The highest BCUT2D eigenvalue weighted by Gasteiger charge is 2.47. The van der Waals surface area contributed by atoms with E-state index in [-0.39, 0.29) is 18.3 Å². The van der Waals surface area contributed by atoms with Gasteiger partial charge in [-0.2, -0.15) is 0 Å². The average Bonchev–Trinajstić information content (AvgIpc) is 3.33. The summed E-state index contributed by atoms with van der Waals surface area (Å²) in [5.74, 6) is -0.862. The van der Waals surface area contributed by atoms with Crippen molar-refractivity contribution in [2.45, 2.75) is 38.5 Å². The number of carbonyl (C=O) groups is 3. The van der Waals surface area contributed by atoms with Gasteiger partial charge < -0.3 is 20.9 Å². The summed E-state index contributed by atoms with van der Waals surface area (Å²) >= 11 is 1.16. The monoisotopic (exact) mass is 454 g/mol. The molecule has 0 saturated heterocycles. The highest BCUT2D eigenvalue weighted by Crippen LogP contribution is 2.48. The van der Waals surface area contributed by atoms with Gasteiger partial charge in [-0.3, -0.25) is 9.59 Å². The third kappa shape index (κ3) is 3.89. The summed E-state index contributed by atoms with van der Waals surface area (Å²) in [6.45, 7) is 3.32. The Morgan fingerprint density at radius 1 is 1.28 bits per heavy atom. The van der Waals surface area contributed by atoms with Crippen LogP contribution < -0.4 is 16.2 Å². The Labute approximate surface area is 190 Å². The molecule has 1 aromatic carbocycles. The van der Waals surface area contributed by atoms with Crippen molar-refractivity contribution in [3.8, 4) is 0 Å². The maximum absolute atomic E-state index is 14.1. The second-order valence-electron chi connectivity index (χ2n) is 7.94. The number of benzene rings is 1. The van der Waals surface area contributed by atoms with E-state index < -0.39 is 11.4 Å². The summed E-state index contributed by atoms with van der Waals surface area (Å²) in [5, 5.41) is 4.82. The quantitative estimate of drug-likeness (QED) is 0.577. The predicted molar refractivity (Wildman–Crippen MR) is 122 cm³/mol. The number of allylic oxidation sites excluding steroid dienone is 1. The Kier molecular flexibility index (Phi) is 6.03. The van der Waals surface area contributed by atoms with Gasteiger partial charge in [-0.05, 0) is 30.9 Å². The molecule has 168 valence electrons. The minimum Gasteiger partial charge on any atom is -0.462 e. The van der Waals surface area contributed by atoms with E-state index in [1.54, 1.807) is 12.0 Å². The van der Waals surface area contributed by atoms with E-state index >= 15 is 0 Å². The van der Waals surface area contributed by atoms with Gasteiger partial charge >= 0.3 is 5.97 Å².